The van der Waals surface area contributed by atoms with Gasteiger partial charge in [-0.25, -0.2) is 4.79 Å². The number of allylic oxidation sites excluding steroid dienone is 1. The van der Waals surface area contributed by atoms with Gasteiger partial charge in [-0.1, -0.05) is 0 Å². The molecule has 1 aliphatic rings. The number of fused-ring (bicyclic) bond motifs is 1. The monoisotopic (exact) mass is 447 g/mol. The summed E-state index contributed by atoms with van der Waals surface area (Å²) in [5.41, 5.74) is 1.85. The maximum Gasteiger partial charge on any atom is 0.343 e. The lowest BCUT2D eigenvalue weighted by Crippen LogP contribution is -2.09. The second kappa shape index (κ2) is 9.04. The Bertz CT molecular complexity index is 1270. The van der Waals surface area contributed by atoms with Crippen molar-refractivity contribution in [2.24, 2.45) is 0 Å². The maximum atomic E-state index is 13.0. The highest BCUT2D eigenvalue weighted by molar-refractivity contribution is 6.15. The second-order valence-electron chi connectivity index (χ2n) is 7.08. The highest BCUT2D eigenvalue weighted by Gasteiger charge is 2.31. The van der Waals surface area contributed by atoms with Crippen LogP contribution in [0.2, 0.25) is 0 Å². The van der Waals surface area contributed by atoms with Gasteiger partial charge < -0.3 is 23.7 Å². The van der Waals surface area contributed by atoms with E-state index in [2.05, 4.69) is 4.98 Å². The topological polar surface area (TPSA) is 93.2 Å². The molecule has 2 heterocycles. The lowest BCUT2D eigenvalue weighted by molar-refractivity contribution is 0.0733. The van der Waals surface area contributed by atoms with E-state index in [1.165, 1.54) is 33.7 Å². The third-order valence-electron chi connectivity index (χ3n) is 5.18. The Morgan fingerprint density at radius 1 is 0.909 bits per heavy atom. The molecule has 8 nitrogen and oxygen atoms in total. The number of hydrogen-bond donors (Lipinski definition) is 0. The number of carbonyl (C=O) groups is 2. The molecule has 0 spiro atoms. The van der Waals surface area contributed by atoms with Crippen LogP contribution in [-0.2, 0) is 0 Å². The molecule has 0 amide bonds. The number of hydrogen-bond acceptors (Lipinski definition) is 8. The molecule has 0 atom stereocenters. The minimum Gasteiger partial charge on any atom is -0.496 e. The van der Waals surface area contributed by atoms with E-state index in [0.717, 1.165) is 0 Å². The molecule has 0 radical (unpaired) electrons. The van der Waals surface area contributed by atoms with Crippen LogP contribution in [0.5, 0.6) is 28.7 Å². The lowest BCUT2D eigenvalue weighted by Gasteiger charge is -2.12. The van der Waals surface area contributed by atoms with E-state index in [4.69, 9.17) is 23.7 Å². The maximum absolute atomic E-state index is 13.0. The van der Waals surface area contributed by atoms with Crippen molar-refractivity contribution in [1.29, 1.82) is 0 Å². The quantitative estimate of drug-likeness (QED) is 0.315. The molecule has 4 rings (SSSR count). The largest absolute Gasteiger partial charge is 0.496 e. The third-order valence-corrected chi connectivity index (χ3v) is 5.18. The van der Waals surface area contributed by atoms with Crippen LogP contribution in [0.3, 0.4) is 0 Å². The molecule has 1 aliphatic heterocycles. The van der Waals surface area contributed by atoms with Gasteiger partial charge in [0.15, 0.2) is 17.3 Å². The fraction of sp³-hybridized carbons (Fsp3) is 0.160. The summed E-state index contributed by atoms with van der Waals surface area (Å²) in [6.45, 7) is 1.72. The molecule has 8 heteroatoms. The highest BCUT2D eigenvalue weighted by atomic mass is 16.5. The van der Waals surface area contributed by atoms with Gasteiger partial charge in [0.25, 0.3) is 0 Å². The summed E-state index contributed by atoms with van der Waals surface area (Å²) in [7, 11) is 4.56. The van der Waals surface area contributed by atoms with E-state index in [-0.39, 0.29) is 11.5 Å². The Kier molecular flexibility index (Phi) is 5.99. The number of esters is 1. The zero-order chi connectivity index (χ0) is 23.5. The number of methoxy groups -OCH3 is 3. The smallest absolute Gasteiger partial charge is 0.343 e. The molecule has 3 aromatic rings. The standard InChI is InChI=1S/C25H21NO7/c1-14-18(33-25(28)15-7-9-26-10-8-15)6-5-17-23(27)22(32-24(14)17)12-16-11-20(30-3)21(31-4)13-19(16)29-2/h5-13H,1-4H3/b22-12-. The van der Waals surface area contributed by atoms with E-state index >= 15 is 0 Å². The summed E-state index contributed by atoms with van der Waals surface area (Å²) in [6, 6.07) is 9.63. The van der Waals surface area contributed by atoms with Gasteiger partial charge in [-0.2, -0.15) is 0 Å². The van der Waals surface area contributed by atoms with Gasteiger partial charge in [0.05, 0.1) is 32.5 Å². The summed E-state index contributed by atoms with van der Waals surface area (Å²) in [4.78, 5) is 29.3. The van der Waals surface area contributed by atoms with Crippen LogP contribution in [0.4, 0.5) is 0 Å². The Morgan fingerprint density at radius 3 is 2.24 bits per heavy atom. The van der Waals surface area contributed by atoms with Crippen molar-refractivity contribution in [2.45, 2.75) is 6.92 Å². The fourth-order valence-electron chi connectivity index (χ4n) is 3.43. The van der Waals surface area contributed by atoms with Crippen LogP contribution in [0.1, 0.15) is 31.8 Å². The minimum absolute atomic E-state index is 0.108. The van der Waals surface area contributed by atoms with Gasteiger partial charge >= 0.3 is 5.97 Å². The molecule has 1 aromatic heterocycles. The summed E-state index contributed by atoms with van der Waals surface area (Å²) < 4.78 is 27.5. The highest BCUT2D eigenvalue weighted by Crippen LogP contribution is 2.41. The molecular formula is C25H21NO7. The van der Waals surface area contributed by atoms with Gasteiger partial charge in [0, 0.05) is 29.6 Å². The first-order chi connectivity index (χ1) is 16.0. The zero-order valence-electron chi connectivity index (χ0n) is 18.5. The summed E-state index contributed by atoms with van der Waals surface area (Å²) in [5.74, 6) is 1.38. The molecule has 168 valence electrons. The lowest BCUT2D eigenvalue weighted by atomic mass is 10.1. The number of benzene rings is 2. The second-order valence-corrected chi connectivity index (χ2v) is 7.08. The van der Waals surface area contributed by atoms with Crippen LogP contribution >= 0.6 is 0 Å². The Hall–Kier alpha value is -4.33. The minimum atomic E-state index is -0.532. The van der Waals surface area contributed by atoms with Gasteiger partial charge in [0.1, 0.15) is 17.2 Å². The first-order valence-electron chi connectivity index (χ1n) is 9.97. The van der Waals surface area contributed by atoms with Crippen LogP contribution in [0, 0.1) is 6.92 Å². The van der Waals surface area contributed by atoms with Gasteiger partial charge in [-0.05, 0) is 43.3 Å². The molecule has 0 unspecified atom stereocenters. The van der Waals surface area contributed by atoms with Crippen molar-refractivity contribution in [1.82, 2.24) is 4.98 Å². The first kappa shape index (κ1) is 21.9. The van der Waals surface area contributed by atoms with E-state index < -0.39 is 5.97 Å². The van der Waals surface area contributed by atoms with Crippen LogP contribution in [-0.4, -0.2) is 38.1 Å². The van der Waals surface area contributed by atoms with Crippen molar-refractivity contribution in [2.75, 3.05) is 21.3 Å². The number of rotatable bonds is 6. The molecule has 33 heavy (non-hydrogen) atoms. The van der Waals surface area contributed by atoms with Crippen molar-refractivity contribution in [3.8, 4) is 28.7 Å². The fourth-order valence-corrected chi connectivity index (χ4v) is 3.43. The molecule has 0 fully saturated rings. The summed E-state index contributed by atoms with van der Waals surface area (Å²) >= 11 is 0. The Balaban J connectivity index is 1.66. The molecule has 2 aromatic carbocycles. The van der Waals surface area contributed by atoms with Crippen molar-refractivity contribution in [3.05, 3.63) is 76.8 Å². The molecule has 0 aliphatic carbocycles. The average molecular weight is 447 g/mol. The van der Waals surface area contributed by atoms with Gasteiger partial charge in [-0.15, -0.1) is 0 Å². The molecule has 0 bridgehead atoms. The van der Waals surface area contributed by atoms with Crippen LogP contribution in [0.25, 0.3) is 6.08 Å². The zero-order valence-corrected chi connectivity index (χ0v) is 18.5. The number of pyridine rings is 1. The Labute approximate surface area is 190 Å². The van der Waals surface area contributed by atoms with Gasteiger partial charge in [-0.3, -0.25) is 9.78 Å². The van der Waals surface area contributed by atoms with E-state index in [1.54, 1.807) is 49.4 Å². The number of ketones is 1. The molecule has 0 saturated heterocycles. The van der Waals surface area contributed by atoms with Crippen LogP contribution < -0.4 is 23.7 Å². The predicted octanol–water partition coefficient (Wildman–Crippen LogP) is 4.25. The van der Waals surface area contributed by atoms with Crippen molar-refractivity contribution >= 4 is 17.8 Å². The number of ether oxygens (including phenoxy) is 5. The third kappa shape index (κ3) is 4.10. The van der Waals surface area contributed by atoms with Gasteiger partial charge in [0.2, 0.25) is 5.78 Å². The van der Waals surface area contributed by atoms with Crippen molar-refractivity contribution < 1.29 is 33.3 Å². The van der Waals surface area contributed by atoms with E-state index in [1.807, 2.05) is 0 Å². The molecule has 0 saturated carbocycles. The summed E-state index contributed by atoms with van der Waals surface area (Å²) in [6.07, 6.45) is 4.59. The van der Waals surface area contributed by atoms with Crippen LogP contribution in [0.15, 0.2) is 54.6 Å². The van der Waals surface area contributed by atoms with E-state index in [9.17, 15) is 9.59 Å². The molecule has 0 N–H and O–H groups in total. The number of Topliss-reactive ketones (excluding diaryl/α,β-unsaturated/α-hetero) is 1. The Morgan fingerprint density at radius 2 is 1.58 bits per heavy atom. The predicted molar refractivity (Wildman–Crippen MR) is 119 cm³/mol. The number of nitrogens with zero attached hydrogens (tertiary/aromatic N) is 1. The summed E-state index contributed by atoms with van der Waals surface area (Å²) in [5, 5.41) is 0. The number of aromatic nitrogens is 1. The molecular weight excluding hydrogens is 426 g/mol. The van der Waals surface area contributed by atoms with Crippen molar-refractivity contribution in [3.63, 3.8) is 0 Å². The average Bonchev–Trinajstić information content (AvgIpc) is 3.16. The number of carbonyl (C=O) groups excluding carboxylic acids is 2. The first-order valence-corrected chi connectivity index (χ1v) is 9.97. The van der Waals surface area contributed by atoms with E-state index in [0.29, 0.717) is 51.0 Å². The SMILES string of the molecule is COc1cc(OC)c(OC)cc1/C=C1\Oc2c(ccc(OC(=O)c3ccncc3)c2C)C1=O. The normalized spacial score (nSPS) is 13.3.